The van der Waals surface area contributed by atoms with Gasteiger partial charge in [-0.2, -0.15) is 0 Å². The summed E-state index contributed by atoms with van der Waals surface area (Å²) in [7, 11) is 0. The molecule has 0 spiro atoms. The van der Waals surface area contributed by atoms with Crippen LogP contribution in [0.25, 0.3) is 0 Å². The summed E-state index contributed by atoms with van der Waals surface area (Å²) in [6.45, 7) is 6.93. The Morgan fingerprint density at radius 2 is 1.94 bits per heavy atom. The summed E-state index contributed by atoms with van der Waals surface area (Å²) in [4.78, 5) is 0. The highest BCUT2D eigenvalue weighted by Gasteiger charge is 2.41. The van der Waals surface area contributed by atoms with Gasteiger partial charge in [0.05, 0.1) is 5.60 Å². The first-order valence-corrected chi connectivity index (χ1v) is 6.83. The molecule has 3 atom stereocenters. The molecular weight excluding hydrogens is 200 g/mol. The van der Waals surface area contributed by atoms with Crippen molar-refractivity contribution in [1.82, 2.24) is 0 Å². The largest absolute Gasteiger partial charge is 0.396 e. The molecule has 0 aromatic heterocycles. The second kappa shape index (κ2) is 6.02. The minimum absolute atomic E-state index is 0.248. The van der Waals surface area contributed by atoms with Crippen molar-refractivity contribution in [3.8, 4) is 0 Å². The Morgan fingerprint density at radius 1 is 1.25 bits per heavy atom. The van der Waals surface area contributed by atoms with Crippen LogP contribution in [-0.4, -0.2) is 22.4 Å². The monoisotopic (exact) mass is 228 g/mol. The first kappa shape index (κ1) is 14.0. The molecule has 2 heteroatoms. The molecule has 16 heavy (non-hydrogen) atoms. The highest BCUT2D eigenvalue weighted by molar-refractivity contribution is 4.93. The maximum Gasteiger partial charge on any atom is 0.0680 e. The zero-order chi connectivity index (χ0) is 12.2. The van der Waals surface area contributed by atoms with E-state index in [4.69, 9.17) is 5.11 Å². The van der Waals surface area contributed by atoms with E-state index in [1.54, 1.807) is 0 Å². The average Bonchev–Trinajstić information content (AvgIpc) is 2.16. The number of aliphatic hydroxyl groups excluding tert-OH is 1. The average molecular weight is 228 g/mol. The van der Waals surface area contributed by atoms with E-state index in [2.05, 4.69) is 20.8 Å². The minimum atomic E-state index is -0.471. The molecule has 1 aliphatic rings. The molecular formula is C14H28O2. The Morgan fingerprint density at radius 3 is 2.50 bits per heavy atom. The molecule has 0 heterocycles. The first-order valence-electron chi connectivity index (χ1n) is 6.83. The van der Waals surface area contributed by atoms with Crippen LogP contribution < -0.4 is 0 Å². The van der Waals surface area contributed by atoms with E-state index in [-0.39, 0.29) is 6.61 Å². The van der Waals surface area contributed by atoms with E-state index in [1.165, 1.54) is 6.42 Å². The Labute approximate surface area is 100 Å². The van der Waals surface area contributed by atoms with Crippen molar-refractivity contribution < 1.29 is 10.2 Å². The molecule has 0 aromatic rings. The van der Waals surface area contributed by atoms with Gasteiger partial charge in [-0.25, -0.2) is 0 Å². The lowest BCUT2D eigenvalue weighted by Gasteiger charge is -2.45. The van der Waals surface area contributed by atoms with Crippen molar-refractivity contribution >= 4 is 0 Å². The molecule has 0 amide bonds. The standard InChI is InChI=1S/C14H28O2/c1-11(2)13-7-6-12(3)10-14(13,16)8-4-5-9-15/h11-13,15-16H,4-10H2,1-3H3/t12-,13+,14-/m1/s1. The predicted octanol–water partition coefficient (Wildman–Crippen LogP) is 2.97. The molecule has 1 fully saturated rings. The van der Waals surface area contributed by atoms with E-state index in [0.717, 1.165) is 32.1 Å². The van der Waals surface area contributed by atoms with Crippen LogP contribution in [0.4, 0.5) is 0 Å². The molecule has 0 bridgehead atoms. The van der Waals surface area contributed by atoms with Crippen molar-refractivity contribution in [2.75, 3.05) is 6.61 Å². The molecule has 96 valence electrons. The maximum absolute atomic E-state index is 10.8. The second-order valence-corrected chi connectivity index (χ2v) is 6.02. The summed E-state index contributed by atoms with van der Waals surface area (Å²) in [5, 5.41) is 19.6. The molecule has 0 aliphatic heterocycles. The fourth-order valence-electron chi connectivity index (χ4n) is 3.37. The number of aliphatic hydroxyl groups is 2. The van der Waals surface area contributed by atoms with Gasteiger partial charge >= 0.3 is 0 Å². The summed E-state index contributed by atoms with van der Waals surface area (Å²) in [6.07, 6.45) is 5.99. The molecule has 0 aromatic carbocycles. The summed E-state index contributed by atoms with van der Waals surface area (Å²) in [6, 6.07) is 0. The molecule has 2 N–H and O–H groups in total. The highest BCUT2D eigenvalue weighted by atomic mass is 16.3. The lowest BCUT2D eigenvalue weighted by atomic mass is 9.65. The van der Waals surface area contributed by atoms with E-state index < -0.39 is 5.60 Å². The van der Waals surface area contributed by atoms with Crippen molar-refractivity contribution in [3.05, 3.63) is 0 Å². The van der Waals surface area contributed by atoms with Gasteiger partial charge < -0.3 is 10.2 Å². The van der Waals surface area contributed by atoms with Crippen molar-refractivity contribution in [3.63, 3.8) is 0 Å². The first-order chi connectivity index (χ1) is 7.49. The quantitative estimate of drug-likeness (QED) is 0.710. The summed E-state index contributed by atoms with van der Waals surface area (Å²) >= 11 is 0. The van der Waals surface area contributed by atoms with Crippen LogP contribution in [0, 0.1) is 17.8 Å². The van der Waals surface area contributed by atoms with Gasteiger partial charge in [0.15, 0.2) is 0 Å². The number of hydrogen-bond donors (Lipinski definition) is 2. The van der Waals surface area contributed by atoms with E-state index >= 15 is 0 Å². The Bertz CT molecular complexity index is 203. The molecule has 1 saturated carbocycles. The Kier molecular flexibility index (Phi) is 5.26. The number of unbranched alkanes of at least 4 members (excludes halogenated alkanes) is 1. The van der Waals surface area contributed by atoms with Crippen LogP contribution in [0.15, 0.2) is 0 Å². The molecule has 0 radical (unpaired) electrons. The van der Waals surface area contributed by atoms with Gasteiger partial charge in [0, 0.05) is 6.61 Å². The molecule has 2 nitrogen and oxygen atoms in total. The lowest BCUT2D eigenvalue weighted by molar-refractivity contribution is -0.0874. The van der Waals surface area contributed by atoms with E-state index in [0.29, 0.717) is 17.8 Å². The molecule has 1 rings (SSSR count). The fourth-order valence-corrected chi connectivity index (χ4v) is 3.37. The minimum Gasteiger partial charge on any atom is -0.396 e. The van der Waals surface area contributed by atoms with Gasteiger partial charge in [0.1, 0.15) is 0 Å². The van der Waals surface area contributed by atoms with Crippen molar-refractivity contribution in [2.45, 2.75) is 64.9 Å². The third kappa shape index (κ3) is 3.46. The SMILES string of the molecule is CC(C)[C@@H]1CC[C@@H](C)C[C@]1(O)CCCCO. The fraction of sp³-hybridized carbons (Fsp3) is 1.00. The normalized spacial score (nSPS) is 35.6. The smallest absolute Gasteiger partial charge is 0.0680 e. The summed E-state index contributed by atoms with van der Waals surface area (Å²) in [5.74, 6) is 1.66. The molecule has 0 unspecified atom stereocenters. The highest BCUT2D eigenvalue weighted by Crippen LogP contribution is 2.43. The van der Waals surface area contributed by atoms with Gasteiger partial charge in [-0.05, 0) is 49.9 Å². The zero-order valence-electron chi connectivity index (χ0n) is 11.1. The van der Waals surface area contributed by atoms with E-state index in [9.17, 15) is 5.11 Å². The van der Waals surface area contributed by atoms with Crippen LogP contribution in [-0.2, 0) is 0 Å². The van der Waals surface area contributed by atoms with E-state index in [1.807, 2.05) is 0 Å². The van der Waals surface area contributed by atoms with Crippen molar-refractivity contribution in [2.24, 2.45) is 17.8 Å². The molecule has 0 saturated heterocycles. The van der Waals surface area contributed by atoms with Gasteiger partial charge in [-0.15, -0.1) is 0 Å². The Hall–Kier alpha value is -0.0800. The third-order valence-electron chi connectivity index (χ3n) is 4.19. The lowest BCUT2D eigenvalue weighted by Crippen LogP contribution is -2.45. The number of rotatable bonds is 5. The van der Waals surface area contributed by atoms with Gasteiger partial charge in [0.25, 0.3) is 0 Å². The number of hydrogen-bond acceptors (Lipinski definition) is 2. The van der Waals surface area contributed by atoms with Crippen molar-refractivity contribution in [1.29, 1.82) is 0 Å². The summed E-state index contributed by atoms with van der Waals surface area (Å²) in [5.41, 5.74) is -0.471. The van der Waals surface area contributed by atoms with Crippen LogP contribution in [0.3, 0.4) is 0 Å². The van der Waals surface area contributed by atoms with Crippen LogP contribution in [0.1, 0.15) is 59.3 Å². The topological polar surface area (TPSA) is 40.5 Å². The summed E-state index contributed by atoms with van der Waals surface area (Å²) < 4.78 is 0. The molecule has 1 aliphatic carbocycles. The van der Waals surface area contributed by atoms with Crippen LogP contribution >= 0.6 is 0 Å². The Balaban J connectivity index is 2.60. The van der Waals surface area contributed by atoms with Gasteiger partial charge in [-0.3, -0.25) is 0 Å². The zero-order valence-corrected chi connectivity index (χ0v) is 11.1. The second-order valence-electron chi connectivity index (χ2n) is 6.02. The van der Waals surface area contributed by atoms with Gasteiger partial charge in [0.2, 0.25) is 0 Å². The maximum atomic E-state index is 10.8. The third-order valence-corrected chi connectivity index (χ3v) is 4.19. The predicted molar refractivity (Wildman–Crippen MR) is 67.2 cm³/mol. The van der Waals surface area contributed by atoms with Gasteiger partial charge in [-0.1, -0.05) is 27.2 Å². The van der Waals surface area contributed by atoms with Crippen LogP contribution in [0.2, 0.25) is 0 Å². The van der Waals surface area contributed by atoms with Crippen LogP contribution in [0.5, 0.6) is 0 Å².